The van der Waals surface area contributed by atoms with Crippen molar-refractivity contribution in [2.45, 2.75) is 6.92 Å². The predicted octanol–water partition coefficient (Wildman–Crippen LogP) is 1.64. The van der Waals surface area contributed by atoms with Crippen molar-refractivity contribution >= 4 is 39.1 Å². The number of hydrogen-bond donors (Lipinski definition) is 2. The highest BCUT2D eigenvalue weighted by molar-refractivity contribution is 6.09. The minimum atomic E-state index is -0.455. The molecule has 0 radical (unpaired) electrons. The number of rotatable bonds is 3. The number of carbonyl (C=O) groups is 1. The van der Waals surface area contributed by atoms with E-state index in [1.54, 1.807) is 6.92 Å². The maximum atomic E-state index is 11.8. The fraction of sp³-hybridized carbons (Fsp3) is 0.130. The van der Waals surface area contributed by atoms with Gasteiger partial charge in [-0.1, -0.05) is 18.2 Å². The number of hydrogen-bond acceptors (Lipinski definition) is 3. The normalized spacial score (nSPS) is 10.6. The number of fused-ring (bicyclic) bond motifs is 3. The molecule has 29 heavy (non-hydrogen) atoms. The minimum absolute atomic E-state index is 0. The number of ether oxygens (including phenoxy) is 1. The molecule has 0 aliphatic carbocycles. The number of carbonyl (C=O) groups excluding carboxylic acids is 1. The monoisotopic (exact) mass is 407 g/mol. The first-order valence-corrected chi connectivity index (χ1v) is 9.22. The van der Waals surface area contributed by atoms with Crippen LogP contribution in [0.4, 0.5) is 16.2 Å². The highest BCUT2D eigenvalue weighted by Gasteiger charge is 2.21. The van der Waals surface area contributed by atoms with E-state index in [4.69, 9.17) is 10.5 Å². The molecule has 0 spiro atoms. The summed E-state index contributed by atoms with van der Waals surface area (Å²) >= 11 is 0. The number of aryl methyl sites for hydroxylation is 1. The molecule has 3 aromatic carbocycles. The molecule has 0 saturated carbocycles. The summed E-state index contributed by atoms with van der Waals surface area (Å²) in [7, 11) is 2.04. The number of nitrogens with one attached hydrogen (secondary N) is 1. The van der Waals surface area contributed by atoms with E-state index in [2.05, 4.69) is 22.0 Å². The summed E-state index contributed by atoms with van der Waals surface area (Å²) in [5, 5.41) is 6.22. The molecule has 1 heterocycles. The summed E-state index contributed by atoms with van der Waals surface area (Å²) in [5.74, 6) is 0. The lowest BCUT2D eigenvalue weighted by atomic mass is 9.99. The number of nitrogens with two attached hydrogens (primary N) is 1. The molecular formula is C23H22ClN3O2. The minimum Gasteiger partial charge on any atom is -1.00 e. The molecule has 0 bridgehead atoms. The lowest BCUT2D eigenvalue weighted by Crippen LogP contribution is -3.00. The first-order chi connectivity index (χ1) is 13.6. The van der Waals surface area contributed by atoms with Crippen LogP contribution in [0.2, 0.25) is 0 Å². The van der Waals surface area contributed by atoms with Gasteiger partial charge in [-0.2, -0.15) is 4.57 Å². The molecule has 4 aromatic rings. The summed E-state index contributed by atoms with van der Waals surface area (Å²) in [6.07, 6.45) is -0.455. The van der Waals surface area contributed by atoms with E-state index in [0.717, 1.165) is 38.6 Å². The Morgan fingerprint density at radius 2 is 1.69 bits per heavy atom. The zero-order chi connectivity index (χ0) is 19.7. The topological polar surface area (TPSA) is 68.2 Å². The van der Waals surface area contributed by atoms with Crippen molar-refractivity contribution in [2.75, 3.05) is 17.7 Å². The second-order valence-corrected chi connectivity index (χ2v) is 6.65. The third-order valence-electron chi connectivity index (χ3n) is 4.87. The van der Waals surface area contributed by atoms with E-state index in [1.165, 1.54) is 0 Å². The zero-order valence-corrected chi connectivity index (χ0v) is 17.0. The fourth-order valence-electron chi connectivity index (χ4n) is 3.62. The molecule has 0 atom stereocenters. The predicted molar refractivity (Wildman–Crippen MR) is 113 cm³/mol. The van der Waals surface area contributed by atoms with Gasteiger partial charge in [0.05, 0.1) is 23.1 Å². The number of anilines is 2. The molecule has 0 aliphatic heterocycles. The van der Waals surface area contributed by atoms with Crippen molar-refractivity contribution < 1.29 is 26.5 Å². The van der Waals surface area contributed by atoms with Gasteiger partial charge in [-0.3, -0.25) is 5.32 Å². The van der Waals surface area contributed by atoms with Crippen LogP contribution in [0.3, 0.4) is 0 Å². The van der Waals surface area contributed by atoms with Gasteiger partial charge in [0.15, 0.2) is 0 Å². The Hall–Kier alpha value is -3.31. The van der Waals surface area contributed by atoms with E-state index in [0.29, 0.717) is 12.3 Å². The van der Waals surface area contributed by atoms with Crippen molar-refractivity contribution in [3.63, 3.8) is 0 Å². The first kappa shape index (κ1) is 20.4. The van der Waals surface area contributed by atoms with Crippen LogP contribution in [-0.2, 0) is 11.8 Å². The first-order valence-electron chi connectivity index (χ1n) is 9.22. The Kier molecular flexibility index (Phi) is 5.89. The van der Waals surface area contributed by atoms with Gasteiger partial charge in [0.25, 0.3) is 0 Å². The molecular weight excluding hydrogens is 386 g/mol. The van der Waals surface area contributed by atoms with E-state index in [1.807, 2.05) is 61.6 Å². The van der Waals surface area contributed by atoms with E-state index >= 15 is 0 Å². The number of pyridine rings is 1. The molecule has 4 rings (SSSR count). The van der Waals surface area contributed by atoms with Crippen molar-refractivity contribution in [3.05, 3.63) is 66.7 Å². The number of nitrogens with zero attached hydrogens (tertiary/aromatic N) is 1. The number of benzene rings is 3. The van der Waals surface area contributed by atoms with Crippen LogP contribution in [0, 0.1) is 0 Å². The second-order valence-electron chi connectivity index (χ2n) is 6.65. The van der Waals surface area contributed by atoms with Gasteiger partial charge >= 0.3 is 6.09 Å². The molecule has 0 fully saturated rings. The van der Waals surface area contributed by atoms with Crippen molar-refractivity contribution in [2.24, 2.45) is 7.05 Å². The van der Waals surface area contributed by atoms with Crippen molar-refractivity contribution in [1.29, 1.82) is 0 Å². The number of aromatic nitrogens is 1. The average molecular weight is 408 g/mol. The maximum absolute atomic E-state index is 11.8. The molecule has 1 amide bonds. The summed E-state index contributed by atoms with van der Waals surface area (Å²) in [4.78, 5) is 11.8. The van der Waals surface area contributed by atoms with Crippen molar-refractivity contribution in [3.8, 4) is 11.3 Å². The Morgan fingerprint density at radius 3 is 2.38 bits per heavy atom. The summed E-state index contributed by atoms with van der Waals surface area (Å²) in [6.45, 7) is 2.12. The summed E-state index contributed by atoms with van der Waals surface area (Å²) in [5.41, 5.74) is 10.5. The molecule has 5 nitrogen and oxygen atoms in total. The van der Waals surface area contributed by atoms with Gasteiger partial charge in [-0.05, 0) is 49.4 Å². The average Bonchev–Trinajstić information content (AvgIpc) is 2.70. The lowest BCUT2D eigenvalue weighted by Gasteiger charge is -2.11. The molecule has 1 aromatic heterocycles. The van der Waals surface area contributed by atoms with Gasteiger partial charge in [0.1, 0.15) is 7.05 Å². The highest BCUT2D eigenvalue weighted by atomic mass is 35.5. The van der Waals surface area contributed by atoms with Gasteiger partial charge < -0.3 is 22.9 Å². The summed E-state index contributed by atoms with van der Waals surface area (Å²) < 4.78 is 7.15. The second kappa shape index (κ2) is 8.37. The largest absolute Gasteiger partial charge is 1.00 e. The molecule has 6 heteroatoms. The molecule has 0 unspecified atom stereocenters. The fourth-order valence-corrected chi connectivity index (χ4v) is 3.62. The molecule has 3 N–H and O–H groups in total. The number of halogens is 1. The molecule has 0 aliphatic rings. The van der Waals surface area contributed by atoms with Crippen LogP contribution in [0.5, 0.6) is 0 Å². The van der Waals surface area contributed by atoms with Crippen LogP contribution in [-0.4, -0.2) is 12.7 Å². The third-order valence-corrected chi connectivity index (χ3v) is 4.87. The van der Waals surface area contributed by atoms with Gasteiger partial charge in [-0.15, -0.1) is 0 Å². The Morgan fingerprint density at radius 1 is 1.00 bits per heavy atom. The van der Waals surface area contributed by atoms with Gasteiger partial charge in [0, 0.05) is 22.7 Å². The quantitative estimate of drug-likeness (QED) is 0.308. The molecule has 148 valence electrons. The number of nitrogen functional groups attached to an aromatic ring is 1. The van der Waals surface area contributed by atoms with Crippen LogP contribution < -0.4 is 28.0 Å². The Bertz CT molecular complexity index is 1190. The molecule has 0 saturated heterocycles. The zero-order valence-electron chi connectivity index (χ0n) is 16.3. The van der Waals surface area contributed by atoms with E-state index in [-0.39, 0.29) is 12.4 Å². The Labute approximate surface area is 175 Å². The van der Waals surface area contributed by atoms with Crippen LogP contribution in [0.25, 0.3) is 32.9 Å². The van der Waals surface area contributed by atoms with Gasteiger partial charge in [-0.25, -0.2) is 4.79 Å². The van der Waals surface area contributed by atoms with Crippen LogP contribution in [0.15, 0.2) is 66.7 Å². The highest BCUT2D eigenvalue weighted by Crippen LogP contribution is 2.32. The lowest BCUT2D eigenvalue weighted by molar-refractivity contribution is -0.632. The maximum Gasteiger partial charge on any atom is 0.411 e. The Balaban J connectivity index is 0.00000240. The third kappa shape index (κ3) is 3.82. The summed E-state index contributed by atoms with van der Waals surface area (Å²) in [6, 6.07) is 22.1. The SMILES string of the molecule is CCOC(=O)Nc1ccc2c3ccccc3c(-c3ccc(N)cc3)[n+](C)c2c1.[Cl-]. The van der Waals surface area contributed by atoms with E-state index in [9.17, 15) is 4.79 Å². The van der Waals surface area contributed by atoms with E-state index < -0.39 is 6.09 Å². The van der Waals surface area contributed by atoms with Gasteiger partial charge in [0.2, 0.25) is 11.2 Å². The smallest absolute Gasteiger partial charge is 0.411 e. The standard InChI is InChI=1S/C23H21N3O2.ClH/c1-3-28-23(27)25-17-12-13-19-18-6-4-5-7-20(18)22(26(2)21(19)14-17)15-8-10-16(24)11-9-15;/h4-14H,3H2,1-2H3,(H2,24,25,27);1H. The van der Waals surface area contributed by atoms with Crippen molar-refractivity contribution in [1.82, 2.24) is 0 Å². The van der Waals surface area contributed by atoms with Crippen LogP contribution in [0.1, 0.15) is 6.92 Å². The number of amides is 1. The van der Waals surface area contributed by atoms with Crippen LogP contribution >= 0.6 is 0 Å².